The molecular formula is C16H17BrClNO. The monoisotopic (exact) mass is 353 g/mol. The molecule has 0 aliphatic heterocycles. The molecule has 20 heavy (non-hydrogen) atoms. The van der Waals surface area contributed by atoms with Crippen molar-refractivity contribution >= 4 is 27.5 Å². The number of nitrogens with two attached hydrogens (primary N) is 1. The molecule has 0 aliphatic rings. The van der Waals surface area contributed by atoms with Gasteiger partial charge in [-0.15, -0.1) is 0 Å². The number of rotatable bonds is 4. The van der Waals surface area contributed by atoms with E-state index in [1.165, 1.54) is 0 Å². The molecule has 0 radical (unpaired) electrons. The van der Waals surface area contributed by atoms with Crippen LogP contribution in [0.1, 0.15) is 31.0 Å². The van der Waals surface area contributed by atoms with Crippen LogP contribution in [-0.2, 0) is 0 Å². The summed E-state index contributed by atoms with van der Waals surface area (Å²) in [4.78, 5) is 0. The van der Waals surface area contributed by atoms with E-state index in [1.807, 2.05) is 56.3 Å². The molecule has 0 saturated heterocycles. The van der Waals surface area contributed by atoms with Crippen molar-refractivity contribution in [2.75, 3.05) is 0 Å². The van der Waals surface area contributed by atoms with E-state index in [1.54, 1.807) is 0 Å². The summed E-state index contributed by atoms with van der Waals surface area (Å²) in [6.07, 6.45) is 0.103. The van der Waals surface area contributed by atoms with E-state index in [-0.39, 0.29) is 12.1 Å². The average Bonchev–Trinajstić information content (AvgIpc) is 2.41. The van der Waals surface area contributed by atoms with Gasteiger partial charge in [0.25, 0.3) is 0 Å². The summed E-state index contributed by atoms with van der Waals surface area (Å²) >= 11 is 9.59. The highest BCUT2D eigenvalue weighted by atomic mass is 79.9. The highest BCUT2D eigenvalue weighted by Gasteiger charge is 2.17. The minimum Gasteiger partial charge on any atom is -0.491 e. The van der Waals surface area contributed by atoms with E-state index in [4.69, 9.17) is 22.1 Å². The molecule has 0 aromatic heterocycles. The molecule has 4 heteroatoms. The van der Waals surface area contributed by atoms with Crippen molar-refractivity contribution in [1.29, 1.82) is 0 Å². The first-order chi connectivity index (χ1) is 9.49. The molecule has 0 saturated carbocycles. The number of benzene rings is 2. The smallest absolute Gasteiger partial charge is 0.124 e. The Hall–Kier alpha value is -1.03. The van der Waals surface area contributed by atoms with Gasteiger partial charge in [-0.25, -0.2) is 0 Å². The standard InChI is InChI=1S/C16H17BrClNO/c1-10(2)20-15-6-4-3-5-12(15)16(19)13-9-11(18)7-8-14(13)17/h3-10,16H,19H2,1-2H3. The Kier molecular flexibility index (Phi) is 5.08. The van der Waals surface area contributed by atoms with E-state index in [9.17, 15) is 0 Å². The molecule has 106 valence electrons. The van der Waals surface area contributed by atoms with Gasteiger partial charge in [-0.05, 0) is 43.7 Å². The Labute approximate surface area is 133 Å². The molecule has 0 aliphatic carbocycles. The number of halogens is 2. The van der Waals surface area contributed by atoms with E-state index < -0.39 is 0 Å². The van der Waals surface area contributed by atoms with Crippen LogP contribution in [0, 0.1) is 0 Å². The summed E-state index contributed by atoms with van der Waals surface area (Å²) in [6, 6.07) is 13.1. The first kappa shape index (κ1) is 15.4. The van der Waals surface area contributed by atoms with Crippen LogP contribution < -0.4 is 10.5 Å². The topological polar surface area (TPSA) is 35.2 Å². The van der Waals surface area contributed by atoms with Gasteiger partial charge < -0.3 is 10.5 Å². The van der Waals surface area contributed by atoms with E-state index >= 15 is 0 Å². The lowest BCUT2D eigenvalue weighted by molar-refractivity contribution is 0.239. The maximum atomic E-state index is 6.39. The van der Waals surface area contributed by atoms with Crippen molar-refractivity contribution < 1.29 is 4.74 Å². The van der Waals surface area contributed by atoms with Crippen molar-refractivity contribution in [3.05, 3.63) is 63.1 Å². The zero-order valence-corrected chi connectivity index (χ0v) is 13.8. The maximum absolute atomic E-state index is 6.39. The van der Waals surface area contributed by atoms with Gasteiger partial charge in [0, 0.05) is 15.1 Å². The number of ether oxygens (including phenoxy) is 1. The van der Waals surface area contributed by atoms with Gasteiger partial charge in [0.05, 0.1) is 12.1 Å². The zero-order chi connectivity index (χ0) is 14.7. The molecule has 1 unspecified atom stereocenters. The highest BCUT2D eigenvalue weighted by Crippen LogP contribution is 2.33. The van der Waals surface area contributed by atoms with Crippen molar-refractivity contribution in [2.24, 2.45) is 5.73 Å². The lowest BCUT2D eigenvalue weighted by Crippen LogP contribution is -2.16. The van der Waals surface area contributed by atoms with Crippen LogP contribution in [0.2, 0.25) is 5.02 Å². The van der Waals surface area contributed by atoms with E-state index in [0.717, 1.165) is 21.3 Å². The quantitative estimate of drug-likeness (QED) is 0.844. The Bertz CT molecular complexity index is 601. The third kappa shape index (κ3) is 3.54. The van der Waals surface area contributed by atoms with Gasteiger partial charge in [0.15, 0.2) is 0 Å². The second-order valence-corrected chi connectivity index (χ2v) is 6.14. The first-order valence-corrected chi connectivity index (χ1v) is 7.62. The molecule has 0 bridgehead atoms. The lowest BCUT2D eigenvalue weighted by Gasteiger charge is -2.20. The van der Waals surface area contributed by atoms with Gasteiger partial charge in [-0.3, -0.25) is 0 Å². The minimum atomic E-state index is -0.293. The number of hydrogen-bond donors (Lipinski definition) is 1. The van der Waals surface area contributed by atoms with Crippen LogP contribution in [0.4, 0.5) is 0 Å². The molecule has 0 amide bonds. The Balaban J connectivity index is 2.42. The Morgan fingerprint density at radius 1 is 1.10 bits per heavy atom. The van der Waals surface area contributed by atoms with Gasteiger partial charge >= 0.3 is 0 Å². The summed E-state index contributed by atoms with van der Waals surface area (Å²) in [5, 5.41) is 0.668. The number of para-hydroxylation sites is 1. The second kappa shape index (κ2) is 6.61. The van der Waals surface area contributed by atoms with Crippen molar-refractivity contribution in [3.8, 4) is 5.75 Å². The minimum absolute atomic E-state index is 0.103. The predicted octanol–water partition coefficient (Wildman–Crippen LogP) is 4.94. The summed E-state index contributed by atoms with van der Waals surface area (Å²) in [6.45, 7) is 4.00. The summed E-state index contributed by atoms with van der Waals surface area (Å²) in [5.41, 5.74) is 8.28. The van der Waals surface area contributed by atoms with E-state index in [0.29, 0.717) is 5.02 Å². The normalized spacial score (nSPS) is 12.5. The van der Waals surface area contributed by atoms with Crippen molar-refractivity contribution in [1.82, 2.24) is 0 Å². The fourth-order valence-corrected chi connectivity index (χ4v) is 2.69. The molecule has 0 fully saturated rings. The van der Waals surface area contributed by atoms with E-state index in [2.05, 4.69) is 15.9 Å². The zero-order valence-electron chi connectivity index (χ0n) is 11.4. The van der Waals surface area contributed by atoms with Crippen molar-refractivity contribution in [3.63, 3.8) is 0 Å². The average molecular weight is 355 g/mol. The lowest BCUT2D eigenvalue weighted by atomic mass is 9.99. The van der Waals surface area contributed by atoms with Gasteiger partial charge in [-0.2, -0.15) is 0 Å². The first-order valence-electron chi connectivity index (χ1n) is 6.45. The fraction of sp³-hybridized carbons (Fsp3) is 0.250. The molecule has 1 atom stereocenters. The van der Waals surface area contributed by atoms with Gasteiger partial charge in [0.2, 0.25) is 0 Å². The number of hydrogen-bond acceptors (Lipinski definition) is 2. The van der Waals surface area contributed by atoms with Crippen LogP contribution >= 0.6 is 27.5 Å². The van der Waals surface area contributed by atoms with Crippen LogP contribution in [0.15, 0.2) is 46.9 Å². The predicted molar refractivity (Wildman–Crippen MR) is 87.4 cm³/mol. The third-order valence-electron chi connectivity index (χ3n) is 2.91. The largest absolute Gasteiger partial charge is 0.491 e. The molecule has 0 spiro atoms. The third-order valence-corrected chi connectivity index (χ3v) is 3.87. The Morgan fingerprint density at radius 2 is 1.80 bits per heavy atom. The van der Waals surface area contributed by atoms with Gasteiger partial charge in [-0.1, -0.05) is 45.7 Å². The summed E-state index contributed by atoms with van der Waals surface area (Å²) in [7, 11) is 0. The maximum Gasteiger partial charge on any atom is 0.124 e. The fourth-order valence-electron chi connectivity index (χ4n) is 2.02. The van der Waals surface area contributed by atoms with Crippen LogP contribution in [0.5, 0.6) is 5.75 Å². The molecule has 2 aromatic carbocycles. The molecule has 2 N–H and O–H groups in total. The SMILES string of the molecule is CC(C)Oc1ccccc1C(N)c1cc(Cl)ccc1Br. The van der Waals surface area contributed by atoms with Crippen LogP contribution in [0.25, 0.3) is 0 Å². The van der Waals surface area contributed by atoms with Crippen LogP contribution in [-0.4, -0.2) is 6.10 Å². The van der Waals surface area contributed by atoms with Crippen LogP contribution in [0.3, 0.4) is 0 Å². The molecular weight excluding hydrogens is 338 g/mol. The molecule has 2 nitrogen and oxygen atoms in total. The Morgan fingerprint density at radius 3 is 2.50 bits per heavy atom. The van der Waals surface area contributed by atoms with Gasteiger partial charge in [0.1, 0.15) is 5.75 Å². The molecule has 0 heterocycles. The summed E-state index contributed by atoms with van der Waals surface area (Å²) < 4.78 is 6.77. The second-order valence-electron chi connectivity index (χ2n) is 4.85. The van der Waals surface area contributed by atoms with Crippen molar-refractivity contribution in [2.45, 2.75) is 26.0 Å². The molecule has 2 rings (SSSR count). The summed E-state index contributed by atoms with van der Waals surface area (Å²) in [5.74, 6) is 0.807. The molecule has 2 aromatic rings. The highest BCUT2D eigenvalue weighted by molar-refractivity contribution is 9.10.